The van der Waals surface area contributed by atoms with E-state index in [1.807, 2.05) is 0 Å². The molecule has 3 aromatic rings. The number of hydrogen-bond acceptors (Lipinski definition) is 3. The summed E-state index contributed by atoms with van der Waals surface area (Å²) >= 11 is 1.20. The molecule has 0 aliphatic heterocycles. The minimum Gasteiger partial charge on any atom is -0.235 e. The number of halogens is 6. The van der Waals surface area contributed by atoms with Gasteiger partial charge in [0, 0.05) is 11.8 Å². The van der Waals surface area contributed by atoms with Gasteiger partial charge in [-0.3, -0.25) is 0 Å². The number of thioether (sulfide) groups is 1. The van der Waals surface area contributed by atoms with Gasteiger partial charge in [0.05, 0.1) is 27.9 Å². The number of rotatable bonds is 4. The van der Waals surface area contributed by atoms with Gasteiger partial charge in [-0.1, -0.05) is 19.1 Å². The molecule has 0 aliphatic rings. The van der Waals surface area contributed by atoms with E-state index in [9.17, 15) is 26.3 Å². The van der Waals surface area contributed by atoms with Crippen molar-refractivity contribution < 1.29 is 26.3 Å². The monoisotopic (exact) mass is 431 g/mol. The first-order chi connectivity index (χ1) is 13.5. The number of benzene rings is 1. The van der Waals surface area contributed by atoms with Crippen LogP contribution in [-0.2, 0) is 12.4 Å². The van der Waals surface area contributed by atoms with E-state index in [1.54, 1.807) is 13.8 Å². The molecule has 3 nitrogen and oxygen atoms in total. The van der Waals surface area contributed by atoms with Crippen LogP contribution in [0.15, 0.2) is 47.6 Å². The third-order valence-electron chi connectivity index (χ3n) is 4.19. The Hall–Kier alpha value is -2.49. The van der Waals surface area contributed by atoms with Gasteiger partial charge in [-0.15, -0.1) is 11.8 Å². The largest absolute Gasteiger partial charge is 0.417 e. The van der Waals surface area contributed by atoms with E-state index in [-0.39, 0.29) is 5.82 Å². The van der Waals surface area contributed by atoms with Gasteiger partial charge in [-0.25, -0.2) is 9.67 Å². The van der Waals surface area contributed by atoms with E-state index in [1.165, 1.54) is 34.8 Å². The van der Waals surface area contributed by atoms with Crippen molar-refractivity contribution in [2.45, 2.75) is 31.1 Å². The van der Waals surface area contributed by atoms with Gasteiger partial charge >= 0.3 is 12.4 Å². The first-order valence-corrected chi connectivity index (χ1v) is 9.43. The zero-order valence-electron chi connectivity index (χ0n) is 15.3. The van der Waals surface area contributed by atoms with Crippen LogP contribution in [0.4, 0.5) is 26.3 Å². The first kappa shape index (κ1) is 21.2. The van der Waals surface area contributed by atoms with Crippen molar-refractivity contribution in [3.63, 3.8) is 0 Å². The van der Waals surface area contributed by atoms with Crippen molar-refractivity contribution in [1.29, 1.82) is 0 Å². The van der Waals surface area contributed by atoms with Crippen molar-refractivity contribution in [2.24, 2.45) is 0 Å². The molecular weight excluding hydrogens is 416 g/mol. The highest BCUT2D eigenvalue weighted by Gasteiger charge is 2.32. The second-order valence-corrected chi connectivity index (χ2v) is 7.41. The van der Waals surface area contributed by atoms with Crippen molar-refractivity contribution in [3.8, 4) is 16.9 Å². The standard InChI is InChI=1S/C19H15F6N3S/c1-3-29-16-8-14(19(23,24)25)9-26-17(16)28-11(2)15(10-27-28)12-4-6-13(7-5-12)18(20,21)22/h4-10H,3H2,1-2H3. The molecule has 0 spiro atoms. The highest BCUT2D eigenvalue weighted by molar-refractivity contribution is 7.99. The maximum atomic E-state index is 13.0. The fourth-order valence-electron chi connectivity index (χ4n) is 2.76. The van der Waals surface area contributed by atoms with Crippen LogP contribution in [0.2, 0.25) is 0 Å². The zero-order chi connectivity index (χ0) is 21.4. The van der Waals surface area contributed by atoms with Gasteiger partial charge in [0.15, 0.2) is 5.82 Å². The van der Waals surface area contributed by atoms with Crippen LogP contribution >= 0.6 is 11.8 Å². The van der Waals surface area contributed by atoms with Crippen LogP contribution in [0.1, 0.15) is 23.7 Å². The van der Waals surface area contributed by atoms with Gasteiger partial charge in [-0.2, -0.15) is 31.4 Å². The van der Waals surface area contributed by atoms with Crippen molar-refractivity contribution in [2.75, 3.05) is 5.75 Å². The molecule has 2 aromatic heterocycles. The van der Waals surface area contributed by atoms with E-state index in [2.05, 4.69) is 10.1 Å². The summed E-state index contributed by atoms with van der Waals surface area (Å²) in [6.07, 6.45) is -6.75. The van der Waals surface area contributed by atoms with Gasteiger partial charge in [0.1, 0.15) is 0 Å². The number of pyridine rings is 1. The third-order valence-corrected chi connectivity index (χ3v) is 5.09. The molecular formula is C19H15F6N3S. The van der Waals surface area contributed by atoms with Crippen molar-refractivity contribution in [1.82, 2.24) is 14.8 Å². The summed E-state index contributed by atoms with van der Waals surface area (Å²) in [5.74, 6) is 0.766. The van der Waals surface area contributed by atoms with Gasteiger partial charge in [-0.05, 0) is 36.4 Å². The summed E-state index contributed by atoms with van der Waals surface area (Å²) < 4.78 is 78.7. The van der Waals surface area contributed by atoms with Gasteiger partial charge < -0.3 is 0 Å². The van der Waals surface area contributed by atoms with Crippen molar-refractivity contribution in [3.05, 3.63) is 59.5 Å². The van der Waals surface area contributed by atoms with E-state index in [4.69, 9.17) is 0 Å². The van der Waals surface area contributed by atoms with Gasteiger partial charge in [0.2, 0.25) is 0 Å². The average Bonchev–Trinajstić information content (AvgIpc) is 3.02. The topological polar surface area (TPSA) is 30.7 Å². The molecule has 0 amide bonds. The molecule has 0 atom stereocenters. The zero-order valence-corrected chi connectivity index (χ0v) is 16.1. The molecule has 0 aliphatic carbocycles. The van der Waals surface area contributed by atoms with Crippen LogP contribution in [0.25, 0.3) is 16.9 Å². The lowest BCUT2D eigenvalue weighted by Crippen LogP contribution is -2.10. The molecule has 10 heteroatoms. The molecule has 3 rings (SSSR count). The van der Waals surface area contributed by atoms with E-state index in [0.717, 1.165) is 24.4 Å². The molecule has 0 fully saturated rings. The Bertz CT molecular complexity index is 1010. The number of nitrogens with zero attached hydrogens (tertiary/aromatic N) is 3. The summed E-state index contributed by atoms with van der Waals surface area (Å²) in [7, 11) is 0. The fraction of sp³-hybridized carbons (Fsp3) is 0.263. The lowest BCUT2D eigenvalue weighted by Gasteiger charge is -2.13. The summed E-state index contributed by atoms with van der Waals surface area (Å²) in [5.41, 5.74) is 0.00324. The smallest absolute Gasteiger partial charge is 0.235 e. The predicted molar refractivity (Wildman–Crippen MR) is 97.9 cm³/mol. The molecule has 0 saturated heterocycles. The first-order valence-electron chi connectivity index (χ1n) is 8.45. The Balaban J connectivity index is 2.03. The lowest BCUT2D eigenvalue weighted by atomic mass is 10.0. The quantitative estimate of drug-likeness (QED) is 0.354. The van der Waals surface area contributed by atoms with Crippen molar-refractivity contribution >= 4 is 11.8 Å². The van der Waals surface area contributed by atoms with Gasteiger partial charge in [0.25, 0.3) is 0 Å². The highest BCUT2D eigenvalue weighted by atomic mass is 32.2. The Morgan fingerprint density at radius 3 is 2.10 bits per heavy atom. The number of aromatic nitrogens is 3. The normalized spacial score (nSPS) is 12.4. The Kier molecular flexibility index (Phi) is 5.66. The number of hydrogen-bond donors (Lipinski definition) is 0. The van der Waals surface area contributed by atoms with Crippen LogP contribution in [0.5, 0.6) is 0 Å². The molecule has 0 saturated carbocycles. The fourth-order valence-corrected chi connectivity index (χ4v) is 3.55. The highest BCUT2D eigenvalue weighted by Crippen LogP contribution is 2.35. The van der Waals surface area contributed by atoms with Crippen LogP contribution in [0.3, 0.4) is 0 Å². The average molecular weight is 431 g/mol. The summed E-state index contributed by atoms with van der Waals surface area (Å²) in [4.78, 5) is 4.27. The molecule has 0 N–H and O–H groups in total. The maximum Gasteiger partial charge on any atom is 0.417 e. The Labute approximate surface area is 166 Å². The molecule has 0 radical (unpaired) electrons. The SMILES string of the molecule is CCSc1cc(C(F)(F)F)cnc1-n1ncc(-c2ccc(C(F)(F)F)cc2)c1C. The molecule has 2 heterocycles. The minimum atomic E-state index is -4.51. The molecule has 1 aromatic carbocycles. The lowest BCUT2D eigenvalue weighted by molar-refractivity contribution is -0.138. The molecule has 154 valence electrons. The molecule has 0 bridgehead atoms. The summed E-state index contributed by atoms with van der Waals surface area (Å²) in [6, 6.07) is 5.63. The van der Waals surface area contributed by atoms with E-state index >= 15 is 0 Å². The van der Waals surface area contributed by atoms with Crippen LogP contribution in [-0.4, -0.2) is 20.5 Å². The molecule has 0 unspecified atom stereocenters. The Morgan fingerprint density at radius 2 is 1.55 bits per heavy atom. The van der Waals surface area contributed by atoms with E-state index < -0.39 is 23.5 Å². The molecule has 29 heavy (non-hydrogen) atoms. The second kappa shape index (κ2) is 7.74. The van der Waals surface area contributed by atoms with E-state index in [0.29, 0.717) is 27.5 Å². The second-order valence-electron chi connectivity index (χ2n) is 6.11. The third kappa shape index (κ3) is 4.42. The summed E-state index contributed by atoms with van der Waals surface area (Å²) in [5, 5.41) is 4.21. The maximum absolute atomic E-state index is 13.0. The Morgan fingerprint density at radius 1 is 0.931 bits per heavy atom. The van der Waals surface area contributed by atoms with Crippen LogP contribution in [0, 0.1) is 6.92 Å². The summed E-state index contributed by atoms with van der Waals surface area (Å²) in [6.45, 7) is 3.48. The van der Waals surface area contributed by atoms with Crippen LogP contribution < -0.4 is 0 Å². The minimum absolute atomic E-state index is 0.237. The number of alkyl halides is 6. The predicted octanol–water partition coefficient (Wildman–Crippen LogP) is 6.39.